The number of guanidine groups is 1. The Balaban J connectivity index is 1.53. The number of aliphatic imine (C=N–C) groups is 1. The van der Waals surface area contributed by atoms with Crippen molar-refractivity contribution in [2.24, 2.45) is 4.99 Å². The third kappa shape index (κ3) is 6.86. The maximum absolute atomic E-state index is 5.92. The molecule has 2 N–H and O–H groups in total. The van der Waals surface area contributed by atoms with Crippen LogP contribution in [0.5, 0.6) is 5.75 Å². The van der Waals surface area contributed by atoms with E-state index in [2.05, 4.69) is 45.8 Å². The van der Waals surface area contributed by atoms with E-state index in [4.69, 9.17) is 9.47 Å². The van der Waals surface area contributed by atoms with E-state index in [0.29, 0.717) is 38.9 Å². The predicted molar refractivity (Wildman–Crippen MR) is 124 cm³/mol. The number of nitrogens with zero attached hydrogens (tertiary/aromatic N) is 3. The van der Waals surface area contributed by atoms with Crippen LogP contribution in [0.25, 0.3) is 5.69 Å². The molecule has 0 spiro atoms. The molecule has 164 valence electrons. The number of hydrogen-bond donors (Lipinski definition) is 2. The number of hydrogen-bond acceptors (Lipinski definition) is 4. The van der Waals surface area contributed by atoms with E-state index in [1.165, 1.54) is 0 Å². The largest absolute Gasteiger partial charge is 0.491 e. The molecule has 0 atom stereocenters. The summed E-state index contributed by atoms with van der Waals surface area (Å²) in [5, 5.41) is 11.1. The highest BCUT2D eigenvalue weighted by Crippen LogP contribution is 2.20. The van der Waals surface area contributed by atoms with Gasteiger partial charge in [0.1, 0.15) is 12.4 Å². The summed E-state index contributed by atoms with van der Waals surface area (Å²) < 4.78 is 13.2. The molecule has 31 heavy (non-hydrogen) atoms. The molecule has 2 aromatic carbocycles. The molecular weight excluding hydrogens is 390 g/mol. The van der Waals surface area contributed by atoms with E-state index in [0.717, 1.165) is 28.1 Å². The first kappa shape index (κ1) is 22.4. The monoisotopic (exact) mass is 421 g/mol. The van der Waals surface area contributed by atoms with E-state index in [-0.39, 0.29) is 0 Å². The normalized spacial score (nSPS) is 11.4. The summed E-state index contributed by atoms with van der Waals surface area (Å²) in [5.41, 5.74) is 4.34. The second-order valence-corrected chi connectivity index (χ2v) is 7.06. The maximum atomic E-state index is 5.92. The molecule has 7 nitrogen and oxygen atoms in total. The van der Waals surface area contributed by atoms with Crippen LogP contribution in [0.4, 0.5) is 0 Å². The molecule has 7 heteroatoms. The van der Waals surface area contributed by atoms with Crippen LogP contribution in [-0.4, -0.2) is 42.6 Å². The fraction of sp³-hybridized carbons (Fsp3) is 0.333. The van der Waals surface area contributed by atoms with Gasteiger partial charge in [0.05, 0.1) is 18.5 Å². The van der Waals surface area contributed by atoms with Crippen molar-refractivity contribution in [2.75, 3.05) is 26.9 Å². The fourth-order valence-electron chi connectivity index (χ4n) is 3.06. The second-order valence-electron chi connectivity index (χ2n) is 7.06. The minimum absolute atomic E-state index is 0.530. The second kappa shape index (κ2) is 11.8. The molecule has 0 aliphatic rings. The van der Waals surface area contributed by atoms with Crippen molar-refractivity contribution in [3.63, 3.8) is 0 Å². The highest BCUT2D eigenvalue weighted by Gasteiger charge is 2.07. The maximum Gasteiger partial charge on any atom is 0.191 e. The first-order chi connectivity index (χ1) is 15.2. The Morgan fingerprint density at radius 2 is 1.87 bits per heavy atom. The molecule has 0 fully saturated rings. The number of rotatable bonds is 10. The molecule has 3 aromatic rings. The lowest BCUT2D eigenvalue weighted by atomic mass is 10.1. The minimum atomic E-state index is 0.530. The van der Waals surface area contributed by atoms with Crippen LogP contribution in [0.2, 0.25) is 0 Å². The summed E-state index contributed by atoms with van der Waals surface area (Å²) in [6.45, 7) is 7.07. The lowest BCUT2D eigenvalue weighted by Crippen LogP contribution is -2.36. The van der Waals surface area contributed by atoms with Gasteiger partial charge in [0.2, 0.25) is 0 Å². The van der Waals surface area contributed by atoms with Crippen LogP contribution < -0.4 is 15.4 Å². The van der Waals surface area contributed by atoms with E-state index in [1.54, 1.807) is 7.05 Å². The summed E-state index contributed by atoms with van der Waals surface area (Å²) in [7, 11) is 1.76. The first-order valence-electron chi connectivity index (χ1n) is 10.5. The van der Waals surface area contributed by atoms with Crippen LogP contribution in [0.1, 0.15) is 23.6 Å². The zero-order valence-electron chi connectivity index (χ0n) is 18.5. The lowest BCUT2D eigenvalue weighted by Gasteiger charge is -2.15. The average Bonchev–Trinajstić information content (AvgIpc) is 3.27. The van der Waals surface area contributed by atoms with Gasteiger partial charge < -0.3 is 20.1 Å². The zero-order chi connectivity index (χ0) is 21.9. The van der Waals surface area contributed by atoms with Crippen LogP contribution in [0, 0.1) is 6.92 Å². The van der Waals surface area contributed by atoms with Gasteiger partial charge in [0, 0.05) is 44.1 Å². The van der Waals surface area contributed by atoms with Gasteiger partial charge in [-0.25, -0.2) is 4.68 Å². The molecule has 0 aliphatic heterocycles. The van der Waals surface area contributed by atoms with E-state index in [1.807, 2.05) is 54.3 Å². The van der Waals surface area contributed by atoms with Gasteiger partial charge in [-0.2, -0.15) is 5.10 Å². The Kier molecular flexibility index (Phi) is 8.48. The molecule has 0 saturated heterocycles. The summed E-state index contributed by atoms with van der Waals surface area (Å²) in [6.07, 6.45) is 3.87. The van der Waals surface area contributed by atoms with E-state index in [9.17, 15) is 0 Å². The Morgan fingerprint density at radius 3 is 2.65 bits per heavy atom. The summed E-state index contributed by atoms with van der Waals surface area (Å²) in [4.78, 5) is 4.32. The van der Waals surface area contributed by atoms with Crippen LogP contribution in [0.15, 0.2) is 65.9 Å². The Morgan fingerprint density at radius 1 is 1.06 bits per heavy atom. The summed E-state index contributed by atoms with van der Waals surface area (Å²) in [5.74, 6) is 1.58. The summed E-state index contributed by atoms with van der Waals surface area (Å²) in [6, 6.07) is 16.3. The molecule has 3 rings (SSSR count). The lowest BCUT2D eigenvalue weighted by molar-refractivity contribution is 0.110. The molecule has 0 amide bonds. The van der Waals surface area contributed by atoms with Crippen molar-refractivity contribution in [2.45, 2.75) is 26.9 Å². The molecule has 0 aliphatic carbocycles. The third-order valence-corrected chi connectivity index (χ3v) is 4.70. The van der Waals surface area contributed by atoms with Gasteiger partial charge in [-0.15, -0.1) is 0 Å². The highest BCUT2D eigenvalue weighted by atomic mass is 16.5. The van der Waals surface area contributed by atoms with Gasteiger partial charge in [-0.05, 0) is 37.6 Å². The van der Waals surface area contributed by atoms with Gasteiger partial charge in [-0.3, -0.25) is 4.99 Å². The SMILES string of the molecule is CCOCCOc1cc(C)ccc1CNC(=NC)NCc1cnn(-c2ccccc2)c1. The predicted octanol–water partition coefficient (Wildman–Crippen LogP) is 3.46. The number of nitrogens with one attached hydrogen (secondary N) is 2. The molecular formula is C24H31N5O2. The Labute approximate surface area is 184 Å². The number of aromatic nitrogens is 2. The van der Waals surface area contributed by atoms with Gasteiger partial charge in [-0.1, -0.05) is 30.3 Å². The molecule has 1 aromatic heterocycles. The van der Waals surface area contributed by atoms with Crippen molar-refractivity contribution in [1.82, 2.24) is 20.4 Å². The first-order valence-corrected chi connectivity index (χ1v) is 10.5. The smallest absolute Gasteiger partial charge is 0.191 e. The number of para-hydroxylation sites is 1. The number of aryl methyl sites for hydroxylation is 1. The quantitative estimate of drug-likeness (QED) is 0.298. The van der Waals surface area contributed by atoms with Gasteiger partial charge in [0.15, 0.2) is 5.96 Å². The minimum Gasteiger partial charge on any atom is -0.491 e. The van der Waals surface area contributed by atoms with E-state index < -0.39 is 0 Å². The molecule has 0 unspecified atom stereocenters. The van der Waals surface area contributed by atoms with Crippen molar-refractivity contribution >= 4 is 5.96 Å². The fourth-order valence-corrected chi connectivity index (χ4v) is 3.06. The molecule has 1 heterocycles. The van der Waals surface area contributed by atoms with Crippen molar-refractivity contribution in [3.8, 4) is 11.4 Å². The molecule has 0 bridgehead atoms. The Bertz CT molecular complexity index is 969. The van der Waals surface area contributed by atoms with Crippen LogP contribution in [-0.2, 0) is 17.8 Å². The molecule has 0 saturated carbocycles. The topological polar surface area (TPSA) is 72.7 Å². The number of ether oxygens (including phenoxy) is 2. The Hall–Kier alpha value is -3.32. The van der Waals surface area contributed by atoms with Gasteiger partial charge >= 0.3 is 0 Å². The van der Waals surface area contributed by atoms with Crippen molar-refractivity contribution in [3.05, 3.63) is 77.6 Å². The highest BCUT2D eigenvalue weighted by molar-refractivity contribution is 5.79. The standard InChI is InChI=1S/C24H31N5O2/c1-4-30-12-13-31-23-14-19(2)10-11-21(23)17-27-24(25-3)26-15-20-16-28-29(18-20)22-8-6-5-7-9-22/h5-11,14,16,18H,4,12-13,15,17H2,1-3H3,(H2,25,26,27). The summed E-state index contributed by atoms with van der Waals surface area (Å²) >= 11 is 0. The average molecular weight is 422 g/mol. The third-order valence-electron chi connectivity index (χ3n) is 4.70. The van der Waals surface area contributed by atoms with Crippen molar-refractivity contribution in [1.29, 1.82) is 0 Å². The van der Waals surface area contributed by atoms with Gasteiger partial charge in [0.25, 0.3) is 0 Å². The molecule has 0 radical (unpaired) electrons. The van der Waals surface area contributed by atoms with Crippen molar-refractivity contribution < 1.29 is 9.47 Å². The van der Waals surface area contributed by atoms with Crippen LogP contribution in [0.3, 0.4) is 0 Å². The zero-order valence-corrected chi connectivity index (χ0v) is 18.5. The van der Waals surface area contributed by atoms with E-state index >= 15 is 0 Å². The number of benzene rings is 2. The van der Waals surface area contributed by atoms with Crippen LogP contribution >= 0.6 is 0 Å².